The first-order valence-corrected chi connectivity index (χ1v) is 6.46. The van der Waals surface area contributed by atoms with Gasteiger partial charge in [0.1, 0.15) is 0 Å². The third kappa shape index (κ3) is 5.77. The van der Waals surface area contributed by atoms with Crippen molar-refractivity contribution in [3.63, 3.8) is 0 Å². The van der Waals surface area contributed by atoms with Crippen LogP contribution in [0.2, 0.25) is 0 Å². The first-order chi connectivity index (χ1) is 8.77. The monoisotopic (exact) mass is 259 g/mol. The van der Waals surface area contributed by atoms with Gasteiger partial charge in [-0.25, -0.2) is 0 Å². The van der Waals surface area contributed by atoms with Gasteiger partial charge in [-0.1, -0.05) is 0 Å². The van der Waals surface area contributed by atoms with Crippen molar-refractivity contribution in [2.24, 2.45) is 0 Å². The zero-order valence-electron chi connectivity index (χ0n) is 11.5. The Kier molecular flexibility index (Phi) is 7.91. The zero-order valence-corrected chi connectivity index (χ0v) is 11.5. The van der Waals surface area contributed by atoms with E-state index in [9.17, 15) is 4.79 Å². The summed E-state index contributed by atoms with van der Waals surface area (Å²) in [5.41, 5.74) is 0. The summed E-state index contributed by atoms with van der Waals surface area (Å²) in [7, 11) is 3.37. The van der Waals surface area contributed by atoms with Crippen LogP contribution < -0.4 is 5.32 Å². The summed E-state index contributed by atoms with van der Waals surface area (Å²) in [6.45, 7) is 6.97. The first-order valence-electron chi connectivity index (χ1n) is 6.46. The van der Waals surface area contributed by atoms with Gasteiger partial charge in [-0.3, -0.25) is 9.69 Å². The molecule has 6 heteroatoms. The van der Waals surface area contributed by atoms with E-state index in [2.05, 4.69) is 10.2 Å². The number of carbonyl (C=O) groups excluding carboxylic acids is 1. The smallest absolute Gasteiger partial charge is 0.236 e. The third-order valence-electron chi connectivity index (χ3n) is 3.10. The van der Waals surface area contributed by atoms with Crippen LogP contribution in [0.3, 0.4) is 0 Å². The molecule has 0 spiro atoms. The van der Waals surface area contributed by atoms with E-state index in [4.69, 9.17) is 9.47 Å². The average molecular weight is 259 g/mol. The van der Waals surface area contributed by atoms with Gasteiger partial charge < -0.3 is 19.7 Å². The van der Waals surface area contributed by atoms with Crippen molar-refractivity contribution < 1.29 is 14.3 Å². The summed E-state index contributed by atoms with van der Waals surface area (Å²) in [6.07, 6.45) is 0. The van der Waals surface area contributed by atoms with Gasteiger partial charge >= 0.3 is 0 Å². The first kappa shape index (κ1) is 15.4. The van der Waals surface area contributed by atoms with Gasteiger partial charge in [0.15, 0.2) is 0 Å². The van der Waals surface area contributed by atoms with Crippen molar-refractivity contribution in [1.82, 2.24) is 15.1 Å². The second-order valence-electron chi connectivity index (χ2n) is 4.38. The summed E-state index contributed by atoms with van der Waals surface area (Å²) >= 11 is 0. The molecule has 1 amide bonds. The van der Waals surface area contributed by atoms with E-state index in [-0.39, 0.29) is 5.91 Å². The second kappa shape index (κ2) is 9.27. The highest BCUT2D eigenvalue weighted by Crippen LogP contribution is 2.01. The van der Waals surface area contributed by atoms with E-state index in [1.165, 1.54) is 0 Å². The number of nitrogens with one attached hydrogen (secondary N) is 1. The van der Waals surface area contributed by atoms with Crippen LogP contribution in [-0.2, 0) is 14.3 Å². The summed E-state index contributed by atoms with van der Waals surface area (Å²) < 4.78 is 9.97. The van der Waals surface area contributed by atoms with Crippen LogP contribution in [-0.4, -0.2) is 89.0 Å². The zero-order chi connectivity index (χ0) is 13.2. The van der Waals surface area contributed by atoms with Crippen molar-refractivity contribution in [2.45, 2.75) is 0 Å². The molecule has 0 aromatic heterocycles. The molecule has 1 N–H and O–H groups in total. The molecular formula is C12H25N3O3. The predicted octanol–water partition coefficient (Wildman–Crippen LogP) is -0.987. The van der Waals surface area contributed by atoms with E-state index in [1.807, 2.05) is 4.90 Å². The van der Waals surface area contributed by atoms with Crippen LogP contribution in [0.1, 0.15) is 0 Å². The van der Waals surface area contributed by atoms with Crippen LogP contribution in [0.5, 0.6) is 0 Å². The number of hydrogen-bond donors (Lipinski definition) is 1. The predicted molar refractivity (Wildman–Crippen MR) is 69.6 cm³/mol. The number of piperazine rings is 1. The van der Waals surface area contributed by atoms with Crippen LogP contribution in [0.25, 0.3) is 0 Å². The highest BCUT2D eigenvalue weighted by molar-refractivity contribution is 5.78. The van der Waals surface area contributed by atoms with Crippen molar-refractivity contribution in [2.75, 3.05) is 73.2 Å². The normalized spacial score (nSPS) is 17.1. The molecule has 106 valence electrons. The Balaban J connectivity index is 2.11. The fraction of sp³-hybridized carbons (Fsp3) is 0.917. The minimum absolute atomic E-state index is 0.178. The summed E-state index contributed by atoms with van der Waals surface area (Å²) in [6, 6.07) is 0. The molecule has 1 aliphatic heterocycles. The van der Waals surface area contributed by atoms with E-state index in [0.29, 0.717) is 13.2 Å². The second-order valence-corrected chi connectivity index (χ2v) is 4.38. The third-order valence-corrected chi connectivity index (χ3v) is 3.10. The highest BCUT2D eigenvalue weighted by Gasteiger charge is 2.20. The Morgan fingerprint density at radius 1 is 1.11 bits per heavy atom. The number of nitrogens with zero attached hydrogens (tertiary/aromatic N) is 2. The molecule has 1 aliphatic rings. The highest BCUT2D eigenvalue weighted by atomic mass is 16.5. The Morgan fingerprint density at radius 3 is 2.39 bits per heavy atom. The average Bonchev–Trinajstić information content (AvgIpc) is 2.41. The number of amides is 1. The number of carbonyl (C=O) groups is 1. The van der Waals surface area contributed by atoms with Crippen molar-refractivity contribution in [3.8, 4) is 0 Å². The molecular weight excluding hydrogens is 234 g/mol. The van der Waals surface area contributed by atoms with Gasteiger partial charge in [-0.05, 0) is 0 Å². The summed E-state index contributed by atoms with van der Waals surface area (Å²) in [4.78, 5) is 16.1. The van der Waals surface area contributed by atoms with Crippen LogP contribution in [0, 0.1) is 0 Å². The van der Waals surface area contributed by atoms with Crippen molar-refractivity contribution in [3.05, 3.63) is 0 Å². The SMILES string of the molecule is COCCNCC(=O)N1CCN(CCOC)CC1. The van der Waals surface area contributed by atoms with Crippen molar-refractivity contribution >= 4 is 5.91 Å². The minimum atomic E-state index is 0.178. The molecule has 0 aliphatic carbocycles. The lowest BCUT2D eigenvalue weighted by Gasteiger charge is -2.34. The summed E-state index contributed by atoms with van der Waals surface area (Å²) in [5, 5.41) is 3.08. The Morgan fingerprint density at radius 2 is 1.78 bits per heavy atom. The molecule has 18 heavy (non-hydrogen) atoms. The maximum atomic E-state index is 11.9. The molecule has 0 bridgehead atoms. The Labute approximate surface area is 109 Å². The molecule has 0 saturated carbocycles. The fourth-order valence-electron chi connectivity index (χ4n) is 1.92. The Hall–Kier alpha value is -0.690. The molecule has 1 heterocycles. The number of hydrogen-bond acceptors (Lipinski definition) is 5. The lowest BCUT2D eigenvalue weighted by Crippen LogP contribution is -2.51. The lowest BCUT2D eigenvalue weighted by molar-refractivity contribution is -0.132. The van der Waals surface area contributed by atoms with Gasteiger partial charge in [0.05, 0.1) is 19.8 Å². The molecule has 0 radical (unpaired) electrons. The van der Waals surface area contributed by atoms with Gasteiger partial charge in [-0.2, -0.15) is 0 Å². The molecule has 1 rings (SSSR count). The minimum Gasteiger partial charge on any atom is -0.383 e. The fourth-order valence-corrected chi connectivity index (χ4v) is 1.92. The molecule has 6 nitrogen and oxygen atoms in total. The van der Waals surface area contributed by atoms with Crippen LogP contribution in [0.4, 0.5) is 0 Å². The quantitative estimate of drug-likeness (QED) is 0.568. The standard InChI is InChI=1S/C12H25N3O3/c1-17-9-3-13-11-12(16)15-6-4-14(5-7-15)8-10-18-2/h13H,3-11H2,1-2H3. The number of methoxy groups -OCH3 is 2. The van der Waals surface area contributed by atoms with Gasteiger partial charge in [0, 0.05) is 53.5 Å². The van der Waals surface area contributed by atoms with Gasteiger partial charge in [-0.15, -0.1) is 0 Å². The number of rotatable bonds is 8. The molecule has 0 atom stereocenters. The summed E-state index contributed by atoms with van der Waals surface area (Å²) in [5.74, 6) is 0.178. The van der Waals surface area contributed by atoms with E-state index in [1.54, 1.807) is 14.2 Å². The largest absolute Gasteiger partial charge is 0.383 e. The van der Waals surface area contributed by atoms with Crippen LogP contribution >= 0.6 is 0 Å². The molecule has 1 fully saturated rings. The van der Waals surface area contributed by atoms with Crippen molar-refractivity contribution in [1.29, 1.82) is 0 Å². The molecule has 0 unspecified atom stereocenters. The number of ether oxygens (including phenoxy) is 2. The van der Waals surface area contributed by atoms with E-state index < -0.39 is 0 Å². The lowest BCUT2D eigenvalue weighted by atomic mass is 10.3. The molecule has 0 aromatic carbocycles. The van der Waals surface area contributed by atoms with Gasteiger partial charge in [0.25, 0.3) is 0 Å². The van der Waals surface area contributed by atoms with E-state index >= 15 is 0 Å². The molecule has 0 aromatic rings. The van der Waals surface area contributed by atoms with Gasteiger partial charge in [0.2, 0.25) is 5.91 Å². The van der Waals surface area contributed by atoms with Crippen LogP contribution in [0.15, 0.2) is 0 Å². The molecule has 1 saturated heterocycles. The maximum absolute atomic E-state index is 11.9. The Bertz CT molecular complexity index is 231. The maximum Gasteiger partial charge on any atom is 0.236 e. The topological polar surface area (TPSA) is 54.0 Å². The van der Waals surface area contributed by atoms with E-state index in [0.717, 1.165) is 45.9 Å².